The summed E-state index contributed by atoms with van der Waals surface area (Å²) in [5, 5.41) is 17.1. The molecule has 0 radical (unpaired) electrons. The molecule has 35 heavy (non-hydrogen) atoms. The van der Waals surface area contributed by atoms with Gasteiger partial charge in [0, 0.05) is 36.6 Å². The molecule has 0 aliphatic rings. The molecule has 178 valence electrons. The Morgan fingerprint density at radius 2 is 1.86 bits per heavy atom. The molecule has 0 aliphatic heterocycles. The van der Waals surface area contributed by atoms with E-state index in [1.807, 2.05) is 57.4 Å². The lowest BCUT2D eigenvalue weighted by atomic mass is 10.0. The molecule has 0 fully saturated rings. The Morgan fingerprint density at radius 3 is 2.57 bits per heavy atom. The van der Waals surface area contributed by atoms with Gasteiger partial charge in [0.1, 0.15) is 12.3 Å². The Morgan fingerprint density at radius 1 is 1.06 bits per heavy atom. The molecule has 0 aliphatic carbocycles. The molecule has 4 aromatic heterocycles. The van der Waals surface area contributed by atoms with Crippen molar-refractivity contribution < 1.29 is 9.53 Å². The van der Waals surface area contributed by atoms with Crippen molar-refractivity contribution in [1.29, 1.82) is 0 Å². The van der Waals surface area contributed by atoms with Crippen molar-refractivity contribution in [2.24, 2.45) is 7.05 Å². The average molecular weight is 471 g/mol. The molecule has 4 heterocycles. The molecule has 10 heteroatoms. The molecule has 0 saturated heterocycles. The molecule has 1 aromatic carbocycles. The first kappa shape index (κ1) is 22.3. The number of anilines is 1. The summed E-state index contributed by atoms with van der Waals surface area (Å²) in [5.41, 5.74) is 6.16. The number of aromatic nitrogens is 7. The summed E-state index contributed by atoms with van der Waals surface area (Å²) in [5.74, 6) is 0.588. The second-order valence-electron chi connectivity index (χ2n) is 8.42. The Kier molecular flexibility index (Phi) is 5.77. The fourth-order valence-electron chi connectivity index (χ4n) is 4.23. The van der Waals surface area contributed by atoms with Crippen LogP contribution in [0.25, 0.3) is 22.2 Å². The maximum Gasteiger partial charge on any atom is 0.246 e. The van der Waals surface area contributed by atoms with Gasteiger partial charge < -0.3 is 10.1 Å². The van der Waals surface area contributed by atoms with Gasteiger partial charge in [0.25, 0.3) is 0 Å². The van der Waals surface area contributed by atoms with Gasteiger partial charge in [-0.2, -0.15) is 15.3 Å². The van der Waals surface area contributed by atoms with Crippen LogP contribution in [0.3, 0.4) is 0 Å². The summed E-state index contributed by atoms with van der Waals surface area (Å²) in [6, 6.07) is 9.81. The minimum atomic E-state index is -0.205. The lowest BCUT2D eigenvalue weighted by molar-refractivity contribution is -0.116. The van der Waals surface area contributed by atoms with Gasteiger partial charge >= 0.3 is 0 Å². The highest BCUT2D eigenvalue weighted by Crippen LogP contribution is 2.30. The van der Waals surface area contributed by atoms with Gasteiger partial charge in [0.2, 0.25) is 5.91 Å². The lowest BCUT2D eigenvalue weighted by Gasteiger charge is -2.07. The highest BCUT2D eigenvalue weighted by Gasteiger charge is 2.16. The molecule has 1 amide bonds. The number of ether oxygens (including phenoxy) is 1. The number of rotatable bonds is 7. The van der Waals surface area contributed by atoms with Gasteiger partial charge in [-0.15, -0.1) is 0 Å². The molecule has 0 saturated carbocycles. The second-order valence-corrected chi connectivity index (χ2v) is 8.42. The van der Waals surface area contributed by atoms with Gasteiger partial charge in [0.15, 0.2) is 5.65 Å². The number of methoxy groups -OCH3 is 1. The maximum atomic E-state index is 12.8. The number of carbonyl (C=O) groups is 1. The van der Waals surface area contributed by atoms with Crippen LogP contribution in [-0.4, -0.2) is 47.3 Å². The summed E-state index contributed by atoms with van der Waals surface area (Å²) in [6.07, 6.45) is 7.14. The van der Waals surface area contributed by atoms with Crippen molar-refractivity contribution in [2.75, 3.05) is 12.4 Å². The zero-order chi connectivity index (χ0) is 24.5. The summed E-state index contributed by atoms with van der Waals surface area (Å²) >= 11 is 0. The Hall–Kier alpha value is -4.47. The second kappa shape index (κ2) is 9.05. The van der Waals surface area contributed by atoms with Crippen LogP contribution in [0.1, 0.15) is 17.0 Å². The van der Waals surface area contributed by atoms with Gasteiger partial charge in [-0.05, 0) is 43.2 Å². The van der Waals surface area contributed by atoms with E-state index < -0.39 is 0 Å². The van der Waals surface area contributed by atoms with Crippen LogP contribution in [0.5, 0.6) is 5.75 Å². The summed E-state index contributed by atoms with van der Waals surface area (Å²) in [4.78, 5) is 17.3. The van der Waals surface area contributed by atoms with Gasteiger partial charge in [-0.25, -0.2) is 9.67 Å². The molecule has 10 nitrogen and oxygen atoms in total. The third kappa shape index (κ3) is 4.50. The van der Waals surface area contributed by atoms with Crippen molar-refractivity contribution in [1.82, 2.24) is 34.3 Å². The minimum absolute atomic E-state index is 0.0380. The van der Waals surface area contributed by atoms with Gasteiger partial charge in [0.05, 0.1) is 36.9 Å². The fraction of sp³-hybridized carbons (Fsp3) is 0.240. The predicted molar refractivity (Wildman–Crippen MR) is 132 cm³/mol. The Balaban J connectivity index is 1.33. The summed E-state index contributed by atoms with van der Waals surface area (Å²) in [6.45, 7) is 4.51. The smallest absolute Gasteiger partial charge is 0.246 e. The quantitative estimate of drug-likeness (QED) is 0.391. The van der Waals surface area contributed by atoms with E-state index in [1.165, 1.54) is 0 Å². The summed E-state index contributed by atoms with van der Waals surface area (Å²) in [7, 11) is 3.53. The Labute approximate surface area is 202 Å². The first-order valence-electron chi connectivity index (χ1n) is 11.2. The van der Waals surface area contributed by atoms with E-state index in [4.69, 9.17) is 4.74 Å². The van der Waals surface area contributed by atoms with E-state index in [-0.39, 0.29) is 12.5 Å². The van der Waals surface area contributed by atoms with Crippen molar-refractivity contribution >= 4 is 22.6 Å². The van der Waals surface area contributed by atoms with Crippen molar-refractivity contribution in [3.8, 4) is 16.9 Å². The monoisotopic (exact) mass is 470 g/mol. The van der Waals surface area contributed by atoms with Gasteiger partial charge in [-0.1, -0.05) is 12.1 Å². The van der Waals surface area contributed by atoms with E-state index in [0.717, 1.165) is 39.2 Å². The Bertz CT molecular complexity index is 1510. The van der Waals surface area contributed by atoms with Gasteiger partial charge in [-0.3, -0.25) is 14.2 Å². The number of nitrogens with one attached hydrogen (secondary N) is 1. The number of aryl methyl sites for hydroxylation is 3. The molecule has 0 unspecified atom stereocenters. The van der Waals surface area contributed by atoms with Crippen LogP contribution in [-0.2, 0) is 24.9 Å². The highest BCUT2D eigenvalue weighted by molar-refractivity contribution is 5.96. The van der Waals surface area contributed by atoms with Crippen LogP contribution in [0.2, 0.25) is 0 Å². The molecule has 5 aromatic rings. The molecule has 0 spiro atoms. The molecular weight excluding hydrogens is 444 g/mol. The predicted octanol–water partition coefficient (Wildman–Crippen LogP) is 3.34. The molecule has 1 N–H and O–H groups in total. The average Bonchev–Trinajstić information content (AvgIpc) is 3.51. The highest BCUT2D eigenvalue weighted by atomic mass is 16.5. The first-order valence-corrected chi connectivity index (χ1v) is 11.2. The van der Waals surface area contributed by atoms with Crippen LogP contribution < -0.4 is 10.1 Å². The standard InChI is InChI=1S/C25H26N8O2/c1-16-19(12-31(3)29-16)13-32-14-20(11-27-32)28-23(34)15-33-25-24(17(2)30-33)22(9-10-26-25)18-5-7-21(35-4)8-6-18/h5-12,14H,13,15H2,1-4H3,(H,28,34). The van der Waals surface area contributed by atoms with Crippen molar-refractivity contribution in [2.45, 2.75) is 26.9 Å². The number of carbonyl (C=O) groups excluding carboxylic acids is 1. The minimum Gasteiger partial charge on any atom is -0.497 e. The molecule has 0 bridgehead atoms. The number of amides is 1. The normalized spacial score (nSPS) is 11.2. The van der Waals surface area contributed by atoms with Crippen LogP contribution in [0.4, 0.5) is 5.69 Å². The SMILES string of the molecule is COc1ccc(-c2ccnc3c2c(C)nn3CC(=O)Nc2cnn(Cc3cn(C)nc3C)c2)cc1. The molecule has 5 rings (SSSR count). The third-order valence-electron chi connectivity index (χ3n) is 5.87. The summed E-state index contributed by atoms with van der Waals surface area (Å²) < 4.78 is 10.5. The topological polar surface area (TPSA) is 105 Å². The van der Waals surface area contributed by atoms with Crippen LogP contribution >= 0.6 is 0 Å². The third-order valence-corrected chi connectivity index (χ3v) is 5.87. The van der Waals surface area contributed by atoms with E-state index in [1.54, 1.807) is 39.7 Å². The molecular formula is C25H26N8O2. The van der Waals surface area contributed by atoms with Crippen molar-refractivity contribution in [3.63, 3.8) is 0 Å². The lowest BCUT2D eigenvalue weighted by Crippen LogP contribution is -2.19. The number of benzene rings is 1. The number of hydrogen-bond donors (Lipinski definition) is 1. The number of pyridine rings is 1. The van der Waals surface area contributed by atoms with Crippen LogP contribution in [0.15, 0.2) is 55.1 Å². The van der Waals surface area contributed by atoms with E-state index in [9.17, 15) is 4.79 Å². The molecule has 0 atom stereocenters. The number of nitrogens with zero attached hydrogens (tertiary/aromatic N) is 7. The van der Waals surface area contributed by atoms with E-state index >= 15 is 0 Å². The number of hydrogen-bond acceptors (Lipinski definition) is 6. The zero-order valence-electron chi connectivity index (χ0n) is 20.1. The van der Waals surface area contributed by atoms with Crippen LogP contribution in [0, 0.1) is 13.8 Å². The van der Waals surface area contributed by atoms with E-state index in [2.05, 4.69) is 25.6 Å². The zero-order valence-corrected chi connectivity index (χ0v) is 20.1. The van der Waals surface area contributed by atoms with Crippen molar-refractivity contribution in [3.05, 3.63) is 72.1 Å². The fourth-order valence-corrected chi connectivity index (χ4v) is 4.23. The largest absolute Gasteiger partial charge is 0.497 e. The first-order chi connectivity index (χ1) is 16.9. The number of fused-ring (bicyclic) bond motifs is 1. The van der Waals surface area contributed by atoms with E-state index in [0.29, 0.717) is 17.9 Å². The maximum absolute atomic E-state index is 12.8.